The third-order valence-electron chi connectivity index (χ3n) is 2.18. The number of carbonyl (C=O) groups is 1. The molecule has 13 heavy (non-hydrogen) atoms. The minimum atomic E-state index is -0.00204. The summed E-state index contributed by atoms with van der Waals surface area (Å²) in [6.07, 6.45) is 5.07. The molecule has 0 bridgehead atoms. The van der Waals surface area contributed by atoms with Crippen LogP contribution in [0, 0.1) is 5.92 Å². The zero-order valence-electron chi connectivity index (χ0n) is 9.14. The van der Waals surface area contributed by atoms with Crippen LogP contribution in [0.5, 0.6) is 0 Å². The highest BCUT2D eigenvalue weighted by Crippen LogP contribution is 2.14. The van der Waals surface area contributed by atoms with Crippen molar-refractivity contribution in [2.75, 3.05) is 6.61 Å². The highest BCUT2D eigenvalue weighted by molar-refractivity contribution is 5.72. The van der Waals surface area contributed by atoms with Gasteiger partial charge in [-0.3, -0.25) is 4.79 Å². The fraction of sp³-hybridized carbons (Fsp3) is 0.909. The van der Waals surface area contributed by atoms with Gasteiger partial charge in [0.25, 0.3) is 0 Å². The quantitative estimate of drug-likeness (QED) is 0.571. The van der Waals surface area contributed by atoms with Crippen molar-refractivity contribution in [1.82, 2.24) is 0 Å². The van der Waals surface area contributed by atoms with Crippen LogP contribution >= 0.6 is 0 Å². The van der Waals surface area contributed by atoms with Crippen molar-refractivity contribution >= 4 is 5.97 Å². The molecular formula is C11H22O2. The fourth-order valence-corrected chi connectivity index (χ4v) is 1.26. The summed E-state index contributed by atoms with van der Waals surface area (Å²) >= 11 is 0. The molecule has 0 rings (SSSR count). The van der Waals surface area contributed by atoms with Crippen molar-refractivity contribution < 1.29 is 9.53 Å². The molecule has 78 valence electrons. The number of hydrogen-bond donors (Lipinski definition) is 0. The van der Waals surface area contributed by atoms with E-state index in [1.807, 2.05) is 13.8 Å². The van der Waals surface area contributed by atoms with Gasteiger partial charge in [-0.1, -0.05) is 33.6 Å². The molecule has 0 aliphatic rings. The average molecular weight is 186 g/mol. The van der Waals surface area contributed by atoms with Crippen molar-refractivity contribution in [3.63, 3.8) is 0 Å². The number of esters is 1. The van der Waals surface area contributed by atoms with Gasteiger partial charge in [0.05, 0.1) is 12.5 Å². The Morgan fingerprint density at radius 2 is 1.92 bits per heavy atom. The molecule has 0 spiro atoms. The van der Waals surface area contributed by atoms with Gasteiger partial charge in [-0.05, 0) is 19.3 Å². The van der Waals surface area contributed by atoms with Crippen molar-refractivity contribution in [1.29, 1.82) is 0 Å². The predicted molar refractivity (Wildman–Crippen MR) is 54.6 cm³/mol. The lowest BCUT2D eigenvalue weighted by molar-refractivity contribution is -0.149. The smallest absolute Gasteiger partial charge is 0.308 e. The number of rotatable bonds is 7. The maximum Gasteiger partial charge on any atom is 0.308 e. The lowest BCUT2D eigenvalue weighted by Gasteiger charge is -2.12. The molecule has 0 saturated heterocycles. The van der Waals surface area contributed by atoms with E-state index in [-0.39, 0.29) is 11.9 Å². The van der Waals surface area contributed by atoms with Crippen LogP contribution in [0.1, 0.15) is 52.9 Å². The molecule has 0 amide bonds. The molecule has 0 aliphatic carbocycles. The van der Waals surface area contributed by atoms with Gasteiger partial charge in [0, 0.05) is 0 Å². The number of carbonyl (C=O) groups excluding carboxylic acids is 1. The Bertz CT molecular complexity index is 132. The average Bonchev–Trinajstić information content (AvgIpc) is 2.16. The van der Waals surface area contributed by atoms with Crippen molar-refractivity contribution in [3.05, 3.63) is 0 Å². The summed E-state index contributed by atoms with van der Waals surface area (Å²) in [5.41, 5.74) is 0. The third kappa shape index (κ3) is 5.67. The van der Waals surface area contributed by atoms with Crippen LogP contribution in [-0.2, 0) is 9.53 Å². The fourth-order valence-electron chi connectivity index (χ4n) is 1.26. The molecule has 1 unspecified atom stereocenters. The van der Waals surface area contributed by atoms with Gasteiger partial charge >= 0.3 is 5.97 Å². The summed E-state index contributed by atoms with van der Waals surface area (Å²) in [6, 6.07) is 0. The van der Waals surface area contributed by atoms with Crippen LogP contribution in [0.2, 0.25) is 0 Å². The number of ether oxygens (including phenoxy) is 1. The lowest BCUT2D eigenvalue weighted by Crippen LogP contribution is -2.17. The van der Waals surface area contributed by atoms with Crippen LogP contribution in [-0.4, -0.2) is 12.6 Å². The molecule has 0 aromatic rings. The standard InChI is InChI=1S/C11H22O2/c1-4-7-8-10(6-3)11(12)13-9-5-2/h10H,4-9H2,1-3H3. The molecule has 1 atom stereocenters. The van der Waals surface area contributed by atoms with E-state index in [9.17, 15) is 4.79 Å². The zero-order chi connectivity index (χ0) is 10.1. The Morgan fingerprint density at radius 1 is 1.23 bits per heavy atom. The van der Waals surface area contributed by atoms with E-state index < -0.39 is 0 Å². The van der Waals surface area contributed by atoms with E-state index in [1.54, 1.807) is 0 Å². The van der Waals surface area contributed by atoms with E-state index in [0.29, 0.717) is 6.61 Å². The summed E-state index contributed by atoms with van der Waals surface area (Å²) in [7, 11) is 0. The second-order valence-corrected chi connectivity index (χ2v) is 3.41. The molecule has 0 fully saturated rings. The van der Waals surface area contributed by atoms with E-state index in [0.717, 1.165) is 32.1 Å². The molecule has 0 radical (unpaired) electrons. The molecule has 0 N–H and O–H groups in total. The van der Waals surface area contributed by atoms with Crippen LogP contribution in [0.3, 0.4) is 0 Å². The Labute approximate surface area is 81.7 Å². The highest BCUT2D eigenvalue weighted by atomic mass is 16.5. The predicted octanol–water partition coefficient (Wildman–Crippen LogP) is 3.16. The molecular weight excluding hydrogens is 164 g/mol. The molecule has 0 aromatic heterocycles. The number of unbranched alkanes of at least 4 members (excludes halogenated alkanes) is 1. The number of hydrogen-bond acceptors (Lipinski definition) is 2. The minimum Gasteiger partial charge on any atom is -0.465 e. The van der Waals surface area contributed by atoms with Gasteiger partial charge in [0.1, 0.15) is 0 Å². The summed E-state index contributed by atoms with van der Waals surface area (Å²) in [4.78, 5) is 11.4. The van der Waals surface area contributed by atoms with E-state index in [1.165, 1.54) is 0 Å². The van der Waals surface area contributed by atoms with Crippen LogP contribution in [0.15, 0.2) is 0 Å². The first-order chi connectivity index (χ1) is 6.26. The third-order valence-corrected chi connectivity index (χ3v) is 2.18. The molecule has 0 aromatic carbocycles. The van der Waals surface area contributed by atoms with Crippen molar-refractivity contribution in [2.45, 2.75) is 52.9 Å². The van der Waals surface area contributed by atoms with Crippen LogP contribution in [0.4, 0.5) is 0 Å². The Balaban J connectivity index is 3.71. The monoisotopic (exact) mass is 186 g/mol. The van der Waals surface area contributed by atoms with Gasteiger partial charge in [-0.25, -0.2) is 0 Å². The summed E-state index contributed by atoms with van der Waals surface area (Å²) < 4.78 is 5.10. The van der Waals surface area contributed by atoms with E-state index in [2.05, 4.69) is 6.92 Å². The van der Waals surface area contributed by atoms with Gasteiger partial charge in [0.2, 0.25) is 0 Å². The molecule has 0 saturated carbocycles. The second-order valence-electron chi connectivity index (χ2n) is 3.41. The van der Waals surface area contributed by atoms with Gasteiger partial charge in [-0.2, -0.15) is 0 Å². The molecule has 0 aliphatic heterocycles. The summed E-state index contributed by atoms with van der Waals surface area (Å²) in [6.45, 7) is 6.78. The Hall–Kier alpha value is -0.530. The lowest BCUT2D eigenvalue weighted by atomic mass is 10.00. The Morgan fingerprint density at radius 3 is 2.38 bits per heavy atom. The first-order valence-corrected chi connectivity index (χ1v) is 5.42. The van der Waals surface area contributed by atoms with Crippen molar-refractivity contribution in [3.8, 4) is 0 Å². The second kappa shape index (κ2) is 8.09. The summed E-state index contributed by atoms with van der Waals surface area (Å²) in [5, 5.41) is 0. The normalized spacial score (nSPS) is 12.5. The highest BCUT2D eigenvalue weighted by Gasteiger charge is 2.16. The van der Waals surface area contributed by atoms with E-state index >= 15 is 0 Å². The SMILES string of the molecule is CCCCC(CC)C(=O)OCCC. The first-order valence-electron chi connectivity index (χ1n) is 5.42. The molecule has 2 heteroatoms. The molecule has 0 heterocycles. The van der Waals surface area contributed by atoms with Crippen LogP contribution in [0.25, 0.3) is 0 Å². The topological polar surface area (TPSA) is 26.3 Å². The van der Waals surface area contributed by atoms with Crippen molar-refractivity contribution in [2.24, 2.45) is 5.92 Å². The first kappa shape index (κ1) is 12.5. The van der Waals surface area contributed by atoms with Gasteiger partial charge in [0.15, 0.2) is 0 Å². The van der Waals surface area contributed by atoms with E-state index in [4.69, 9.17) is 4.74 Å². The summed E-state index contributed by atoms with van der Waals surface area (Å²) in [5.74, 6) is 0.129. The Kier molecular flexibility index (Phi) is 7.76. The van der Waals surface area contributed by atoms with Gasteiger partial charge < -0.3 is 4.74 Å². The largest absolute Gasteiger partial charge is 0.465 e. The molecule has 2 nitrogen and oxygen atoms in total. The maximum atomic E-state index is 11.4. The van der Waals surface area contributed by atoms with Crippen LogP contribution < -0.4 is 0 Å². The minimum absolute atomic E-state index is 0.00204. The maximum absolute atomic E-state index is 11.4. The zero-order valence-corrected chi connectivity index (χ0v) is 9.14. The van der Waals surface area contributed by atoms with Gasteiger partial charge in [-0.15, -0.1) is 0 Å².